The summed E-state index contributed by atoms with van der Waals surface area (Å²) in [7, 11) is 1.69. The lowest BCUT2D eigenvalue weighted by atomic mass is 10.0. The van der Waals surface area contributed by atoms with Gasteiger partial charge in [-0.25, -0.2) is 4.79 Å². The Hall–Kier alpha value is -2.63. The molecule has 0 saturated carbocycles. The Labute approximate surface area is 177 Å². The van der Waals surface area contributed by atoms with Crippen LogP contribution in [0.4, 0.5) is 0 Å². The number of hydrogen-bond acceptors (Lipinski definition) is 5. The molecule has 158 valence electrons. The molecule has 1 fully saturated rings. The van der Waals surface area contributed by atoms with Gasteiger partial charge in [0, 0.05) is 30.6 Å². The minimum Gasteiger partial charge on any atom is -0.497 e. The lowest BCUT2D eigenvalue weighted by Gasteiger charge is -2.28. The highest BCUT2D eigenvalue weighted by molar-refractivity contribution is 5.81. The highest BCUT2D eigenvalue weighted by Gasteiger charge is 2.23. The number of nitrogens with one attached hydrogen (secondary N) is 1. The topological polar surface area (TPSA) is 54.7 Å². The van der Waals surface area contributed by atoms with E-state index in [1.54, 1.807) is 13.2 Å². The van der Waals surface area contributed by atoms with Crippen molar-refractivity contribution in [2.75, 3.05) is 26.7 Å². The van der Waals surface area contributed by atoms with Gasteiger partial charge in [-0.2, -0.15) is 0 Å². The third-order valence-electron chi connectivity index (χ3n) is 6.18. The van der Waals surface area contributed by atoms with Gasteiger partial charge < -0.3 is 14.5 Å². The molecule has 1 aliphatic heterocycles. The number of hydrogen-bond donors (Lipinski definition) is 1. The fraction of sp³-hybridized carbons (Fsp3) is 0.400. The normalized spacial score (nSPS) is 15.6. The van der Waals surface area contributed by atoms with Crippen molar-refractivity contribution in [3.8, 4) is 5.75 Å². The van der Waals surface area contributed by atoms with Crippen molar-refractivity contribution in [2.24, 2.45) is 0 Å². The molecule has 5 heteroatoms. The first-order valence-electron chi connectivity index (χ1n) is 10.7. The van der Waals surface area contributed by atoms with Gasteiger partial charge in [-0.1, -0.05) is 12.1 Å². The van der Waals surface area contributed by atoms with Gasteiger partial charge in [0.1, 0.15) is 11.3 Å². The third-order valence-corrected chi connectivity index (χ3v) is 6.18. The third kappa shape index (κ3) is 4.42. The number of methoxy groups -OCH3 is 1. The van der Waals surface area contributed by atoms with Crippen LogP contribution in [0.25, 0.3) is 11.0 Å². The second-order valence-electron chi connectivity index (χ2n) is 8.19. The van der Waals surface area contributed by atoms with E-state index in [9.17, 15) is 4.79 Å². The Morgan fingerprint density at radius 2 is 1.77 bits per heavy atom. The maximum Gasteiger partial charge on any atom is 0.336 e. The molecule has 1 saturated heterocycles. The molecule has 0 aliphatic carbocycles. The smallest absolute Gasteiger partial charge is 0.336 e. The molecule has 0 bridgehead atoms. The summed E-state index contributed by atoms with van der Waals surface area (Å²) in [4.78, 5) is 14.6. The summed E-state index contributed by atoms with van der Waals surface area (Å²) in [6.07, 6.45) is 2.49. The van der Waals surface area contributed by atoms with Crippen molar-refractivity contribution in [1.29, 1.82) is 0 Å². The fourth-order valence-corrected chi connectivity index (χ4v) is 4.31. The van der Waals surface area contributed by atoms with Crippen LogP contribution in [0.15, 0.2) is 51.7 Å². The van der Waals surface area contributed by atoms with Crippen LogP contribution in [0, 0.1) is 13.8 Å². The average molecular weight is 407 g/mol. The number of fused-ring (bicyclic) bond motifs is 1. The van der Waals surface area contributed by atoms with Gasteiger partial charge in [0.15, 0.2) is 0 Å². The fourth-order valence-electron chi connectivity index (χ4n) is 4.31. The number of ether oxygens (including phenoxy) is 1. The van der Waals surface area contributed by atoms with Crippen LogP contribution in [-0.4, -0.2) is 31.6 Å². The number of aryl methyl sites for hydroxylation is 2. The van der Waals surface area contributed by atoms with Gasteiger partial charge >= 0.3 is 5.63 Å². The number of rotatable bonds is 7. The van der Waals surface area contributed by atoms with E-state index in [0.29, 0.717) is 18.2 Å². The Bertz CT molecular complexity index is 1070. The highest BCUT2D eigenvalue weighted by Crippen LogP contribution is 2.27. The first kappa shape index (κ1) is 20.6. The van der Waals surface area contributed by atoms with Crippen LogP contribution < -0.4 is 15.7 Å². The maximum absolute atomic E-state index is 12.1. The molecule has 4 rings (SSSR count). The summed E-state index contributed by atoms with van der Waals surface area (Å²) in [6.45, 7) is 7.81. The molecule has 5 nitrogen and oxygen atoms in total. The first-order valence-corrected chi connectivity index (χ1v) is 10.7. The minimum absolute atomic E-state index is 0.297. The highest BCUT2D eigenvalue weighted by atomic mass is 16.5. The van der Waals surface area contributed by atoms with Gasteiger partial charge in [0.05, 0.1) is 7.11 Å². The van der Waals surface area contributed by atoms with Crippen molar-refractivity contribution in [3.05, 3.63) is 75.1 Å². The number of benzene rings is 2. The van der Waals surface area contributed by atoms with Crippen molar-refractivity contribution in [1.82, 2.24) is 10.2 Å². The van der Waals surface area contributed by atoms with E-state index in [1.165, 1.54) is 24.0 Å². The van der Waals surface area contributed by atoms with Crippen LogP contribution in [0.2, 0.25) is 0 Å². The van der Waals surface area contributed by atoms with Crippen molar-refractivity contribution in [2.45, 2.75) is 39.3 Å². The van der Waals surface area contributed by atoms with Crippen LogP contribution in [0.3, 0.4) is 0 Å². The van der Waals surface area contributed by atoms with Gasteiger partial charge in [-0.3, -0.25) is 4.90 Å². The van der Waals surface area contributed by atoms with Crippen molar-refractivity contribution in [3.63, 3.8) is 0 Å². The van der Waals surface area contributed by atoms with Gasteiger partial charge in [-0.15, -0.1) is 0 Å². The summed E-state index contributed by atoms with van der Waals surface area (Å²) in [5.41, 5.74) is 4.96. The summed E-state index contributed by atoms with van der Waals surface area (Å²) < 4.78 is 10.8. The van der Waals surface area contributed by atoms with E-state index in [-0.39, 0.29) is 5.63 Å². The molecule has 0 spiro atoms. The Balaban J connectivity index is 1.54. The average Bonchev–Trinajstić information content (AvgIpc) is 3.27. The lowest BCUT2D eigenvalue weighted by Crippen LogP contribution is -2.34. The predicted octanol–water partition coefficient (Wildman–Crippen LogP) is 4.35. The molecule has 3 aromatic rings. The molecular formula is C25H30N2O3. The second kappa shape index (κ2) is 9.02. The van der Waals surface area contributed by atoms with E-state index >= 15 is 0 Å². The maximum atomic E-state index is 12.1. The van der Waals surface area contributed by atoms with E-state index in [2.05, 4.69) is 35.3 Å². The predicted molar refractivity (Wildman–Crippen MR) is 120 cm³/mol. The van der Waals surface area contributed by atoms with E-state index in [0.717, 1.165) is 41.9 Å². The summed E-state index contributed by atoms with van der Waals surface area (Å²) in [5.74, 6) is 0.875. The molecule has 30 heavy (non-hydrogen) atoms. The summed E-state index contributed by atoms with van der Waals surface area (Å²) in [5, 5.41) is 4.61. The van der Waals surface area contributed by atoms with Gasteiger partial charge in [-0.05, 0) is 86.3 Å². The van der Waals surface area contributed by atoms with Gasteiger partial charge in [0.25, 0.3) is 0 Å². The largest absolute Gasteiger partial charge is 0.497 e. The summed E-state index contributed by atoms with van der Waals surface area (Å²) in [6, 6.07) is 14.4. The van der Waals surface area contributed by atoms with Crippen LogP contribution in [-0.2, 0) is 6.54 Å². The van der Waals surface area contributed by atoms with Crippen LogP contribution >= 0.6 is 0 Å². The molecule has 0 unspecified atom stereocenters. The Morgan fingerprint density at radius 1 is 1.07 bits per heavy atom. The van der Waals surface area contributed by atoms with E-state index in [4.69, 9.17) is 9.15 Å². The SMILES string of the molecule is COc1ccc([C@@H](CNCc2cc(=O)oc3cc(C)c(C)cc23)N2CCCC2)cc1. The van der Waals surface area contributed by atoms with E-state index in [1.807, 2.05) is 25.1 Å². The first-order chi connectivity index (χ1) is 14.5. The monoisotopic (exact) mass is 406 g/mol. The molecule has 1 atom stereocenters. The minimum atomic E-state index is -0.297. The number of nitrogens with zero attached hydrogens (tertiary/aromatic N) is 1. The molecule has 1 N–H and O–H groups in total. The number of likely N-dealkylation sites (tertiary alicyclic amines) is 1. The second-order valence-corrected chi connectivity index (χ2v) is 8.19. The standard InChI is InChI=1S/C25H30N2O3/c1-17-12-22-20(14-25(28)30-24(22)13-18(17)2)15-26-16-23(27-10-4-5-11-27)19-6-8-21(29-3)9-7-19/h6-9,12-14,23,26H,4-5,10-11,15-16H2,1-3H3/t23-/m1/s1. The van der Waals surface area contributed by atoms with Gasteiger partial charge in [0.2, 0.25) is 0 Å². The molecule has 2 aromatic carbocycles. The molecule has 0 amide bonds. The van der Waals surface area contributed by atoms with E-state index < -0.39 is 0 Å². The quantitative estimate of drug-likeness (QED) is 0.592. The lowest BCUT2D eigenvalue weighted by molar-refractivity contribution is 0.238. The zero-order valence-corrected chi connectivity index (χ0v) is 18.0. The zero-order valence-electron chi connectivity index (χ0n) is 18.0. The molecule has 1 aliphatic rings. The molecule has 0 radical (unpaired) electrons. The zero-order chi connectivity index (χ0) is 21.1. The van der Waals surface area contributed by atoms with Crippen molar-refractivity contribution >= 4 is 11.0 Å². The Kier molecular flexibility index (Phi) is 6.21. The van der Waals surface area contributed by atoms with Crippen molar-refractivity contribution < 1.29 is 9.15 Å². The van der Waals surface area contributed by atoms with Crippen LogP contribution in [0.5, 0.6) is 5.75 Å². The Morgan fingerprint density at radius 3 is 2.47 bits per heavy atom. The molecule has 2 heterocycles. The molecular weight excluding hydrogens is 376 g/mol. The molecule has 1 aromatic heterocycles. The summed E-state index contributed by atoms with van der Waals surface area (Å²) >= 11 is 0. The van der Waals surface area contributed by atoms with Crippen LogP contribution in [0.1, 0.15) is 41.1 Å².